The molecule has 0 radical (unpaired) electrons. The van der Waals surface area contributed by atoms with Crippen LogP contribution in [-0.4, -0.2) is 7.05 Å². The summed E-state index contributed by atoms with van der Waals surface area (Å²) in [5, 5.41) is 4.99. The Bertz CT molecular complexity index is 476. The zero-order chi connectivity index (χ0) is 13.0. The monoisotopic (exact) mass is 267 g/mol. The quantitative estimate of drug-likeness (QED) is 0.865. The standard InChI is InChI=1S/C14H15F2NS/c1-17-13(8-7-10-4-3-9-18-10)14-11(15)5-2-6-12(14)16/h2-6,9,13,17H,7-8H2,1H3. The third-order valence-electron chi connectivity index (χ3n) is 2.96. The van der Waals surface area contributed by atoms with Crippen LogP contribution in [0.15, 0.2) is 35.7 Å². The van der Waals surface area contributed by atoms with Crippen LogP contribution in [0.2, 0.25) is 0 Å². The van der Waals surface area contributed by atoms with E-state index in [2.05, 4.69) is 5.32 Å². The minimum absolute atomic E-state index is 0.136. The van der Waals surface area contributed by atoms with Gasteiger partial charge in [-0.15, -0.1) is 11.3 Å². The van der Waals surface area contributed by atoms with Crippen LogP contribution in [-0.2, 0) is 6.42 Å². The van der Waals surface area contributed by atoms with E-state index in [0.29, 0.717) is 6.42 Å². The fourth-order valence-corrected chi connectivity index (χ4v) is 2.74. The van der Waals surface area contributed by atoms with Crippen molar-refractivity contribution in [1.29, 1.82) is 0 Å². The lowest BCUT2D eigenvalue weighted by Gasteiger charge is -2.17. The summed E-state index contributed by atoms with van der Waals surface area (Å²) in [6, 6.07) is 7.71. The van der Waals surface area contributed by atoms with Crippen molar-refractivity contribution in [3.8, 4) is 0 Å². The molecule has 96 valence electrons. The fourth-order valence-electron chi connectivity index (χ4n) is 2.02. The second kappa shape index (κ2) is 6.07. The van der Waals surface area contributed by atoms with Crippen LogP contribution < -0.4 is 5.32 Å². The molecular formula is C14H15F2NS. The molecule has 0 saturated carbocycles. The number of aryl methyl sites for hydroxylation is 1. The maximum Gasteiger partial charge on any atom is 0.130 e. The predicted molar refractivity (Wildman–Crippen MR) is 70.8 cm³/mol. The zero-order valence-corrected chi connectivity index (χ0v) is 10.9. The van der Waals surface area contributed by atoms with Crippen LogP contribution in [0.5, 0.6) is 0 Å². The largest absolute Gasteiger partial charge is 0.313 e. The number of nitrogens with one attached hydrogen (secondary N) is 1. The summed E-state index contributed by atoms with van der Waals surface area (Å²) >= 11 is 1.66. The molecule has 0 amide bonds. The summed E-state index contributed by atoms with van der Waals surface area (Å²) in [6.45, 7) is 0. The van der Waals surface area contributed by atoms with E-state index in [1.165, 1.54) is 23.1 Å². The fraction of sp³-hybridized carbons (Fsp3) is 0.286. The van der Waals surface area contributed by atoms with Gasteiger partial charge in [-0.05, 0) is 43.5 Å². The number of rotatable bonds is 5. The molecule has 0 aliphatic rings. The number of halogens is 2. The molecular weight excluding hydrogens is 252 g/mol. The van der Waals surface area contributed by atoms with Gasteiger partial charge in [-0.2, -0.15) is 0 Å². The summed E-state index contributed by atoms with van der Waals surface area (Å²) in [7, 11) is 1.73. The highest BCUT2D eigenvalue weighted by molar-refractivity contribution is 7.09. The topological polar surface area (TPSA) is 12.0 Å². The van der Waals surface area contributed by atoms with E-state index < -0.39 is 11.6 Å². The van der Waals surface area contributed by atoms with Crippen LogP contribution in [0, 0.1) is 11.6 Å². The van der Waals surface area contributed by atoms with Gasteiger partial charge in [-0.25, -0.2) is 8.78 Å². The van der Waals surface area contributed by atoms with Gasteiger partial charge in [-0.3, -0.25) is 0 Å². The Kier molecular flexibility index (Phi) is 4.44. The molecule has 2 aromatic rings. The lowest BCUT2D eigenvalue weighted by Crippen LogP contribution is -2.19. The molecule has 4 heteroatoms. The Morgan fingerprint density at radius 2 is 1.89 bits per heavy atom. The number of benzene rings is 1. The summed E-state index contributed by atoms with van der Waals surface area (Å²) in [4.78, 5) is 1.23. The zero-order valence-electron chi connectivity index (χ0n) is 10.1. The van der Waals surface area contributed by atoms with Crippen molar-refractivity contribution in [3.05, 3.63) is 57.8 Å². The first-order valence-electron chi connectivity index (χ1n) is 5.86. The Morgan fingerprint density at radius 1 is 1.17 bits per heavy atom. The maximum absolute atomic E-state index is 13.7. The lowest BCUT2D eigenvalue weighted by molar-refractivity contribution is 0.472. The van der Waals surface area contributed by atoms with E-state index in [4.69, 9.17) is 0 Å². The van der Waals surface area contributed by atoms with Gasteiger partial charge in [0.15, 0.2) is 0 Å². The molecule has 0 aliphatic heterocycles. The average molecular weight is 267 g/mol. The maximum atomic E-state index is 13.7. The van der Waals surface area contributed by atoms with Gasteiger partial charge in [0.05, 0.1) is 0 Å². The van der Waals surface area contributed by atoms with Crippen LogP contribution in [0.25, 0.3) is 0 Å². The second-order valence-electron chi connectivity index (χ2n) is 4.09. The summed E-state index contributed by atoms with van der Waals surface area (Å²) < 4.78 is 27.4. The highest BCUT2D eigenvalue weighted by atomic mass is 32.1. The van der Waals surface area contributed by atoms with Crippen molar-refractivity contribution in [2.75, 3.05) is 7.05 Å². The Hall–Kier alpha value is -1.26. The summed E-state index contributed by atoms with van der Waals surface area (Å²) in [6.07, 6.45) is 1.49. The van der Waals surface area contributed by atoms with E-state index in [-0.39, 0.29) is 11.6 Å². The highest BCUT2D eigenvalue weighted by Gasteiger charge is 2.18. The molecule has 1 nitrogen and oxygen atoms in total. The minimum atomic E-state index is -0.486. The first kappa shape index (κ1) is 13.2. The van der Waals surface area contributed by atoms with Crippen molar-refractivity contribution in [3.63, 3.8) is 0 Å². The molecule has 2 rings (SSSR count). The Labute approximate surface area is 109 Å². The van der Waals surface area contributed by atoms with Crippen LogP contribution in [0.3, 0.4) is 0 Å². The Morgan fingerprint density at radius 3 is 2.44 bits per heavy atom. The van der Waals surface area contributed by atoms with Gasteiger partial charge < -0.3 is 5.32 Å². The van der Waals surface area contributed by atoms with E-state index in [0.717, 1.165) is 6.42 Å². The van der Waals surface area contributed by atoms with E-state index in [9.17, 15) is 8.78 Å². The first-order valence-corrected chi connectivity index (χ1v) is 6.74. The molecule has 1 aromatic carbocycles. The molecule has 1 N–H and O–H groups in total. The van der Waals surface area contributed by atoms with Crippen molar-refractivity contribution >= 4 is 11.3 Å². The summed E-state index contributed by atoms with van der Waals surface area (Å²) in [5.41, 5.74) is 0.136. The smallest absolute Gasteiger partial charge is 0.130 e. The summed E-state index contributed by atoms with van der Waals surface area (Å²) in [5.74, 6) is -0.971. The SMILES string of the molecule is CNC(CCc1cccs1)c1c(F)cccc1F. The van der Waals surface area contributed by atoms with Crippen LogP contribution in [0.1, 0.15) is 22.9 Å². The number of thiophene rings is 1. The molecule has 1 heterocycles. The highest BCUT2D eigenvalue weighted by Crippen LogP contribution is 2.25. The van der Waals surface area contributed by atoms with Crippen LogP contribution in [0.4, 0.5) is 8.78 Å². The molecule has 0 aliphatic carbocycles. The molecule has 1 unspecified atom stereocenters. The van der Waals surface area contributed by atoms with Gasteiger partial charge >= 0.3 is 0 Å². The van der Waals surface area contributed by atoms with Crippen molar-refractivity contribution in [2.24, 2.45) is 0 Å². The number of hydrogen-bond donors (Lipinski definition) is 1. The molecule has 18 heavy (non-hydrogen) atoms. The van der Waals surface area contributed by atoms with E-state index in [1.807, 2.05) is 17.5 Å². The lowest BCUT2D eigenvalue weighted by atomic mass is 10.0. The molecule has 0 spiro atoms. The van der Waals surface area contributed by atoms with Gasteiger partial charge in [0.1, 0.15) is 11.6 Å². The first-order chi connectivity index (χ1) is 8.72. The number of hydrogen-bond acceptors (Lipinski definition) is 2. The molecule has 0 fully saturated rings. The third-order valence-corrected chi connectivity index (χ3v) is 3.89. The van der Waals surface area contributed by atoms with Gasteiger partial charge in [0.2, 0.25) is 0 Å². The molecule has 1 aromatic heterocycles. The van der Waals surface area contributed by atoms with Gasteiger partial charge in [-0.1, -0.05) is 12.1 Å². The predicted octanol–water partition coefficient (Wildman–Crippen LogP) is 3.92. The minimum Gasteiger partial charge on any atom is -0.313 e. The van der Waals surface area contributed by atoms with Crippen molar-refractivity contribution in [1.82, 2.24) is 5.32 Å². The third kappa shape index (κ3) is 2.94. The molecule has 0 bridgehead atoms. The average Bonchev–Trinajstić information content (AvgIpc) is 2.86. The van der Waals surface area contributed by atoms with E-state index in [1.54, 1.807) is 18.4 Å². The normalized spacial score (nSPS) is 12.6. The molecule has 1 atom stereocenters. The second-order valence-corrected chi connectivity index (χ2v) is 5.13. The Balaban J connectivity index is 2.13. The van der Waals surface area contributed by atoms with Crippen molar-refractivity contribution in [2.45, 2.75) is 18.9 Å². The van der Waals surface area contributed by atoms with Gasteiger partial charge in [0, 0.05) is 16.5 Å². The molecule has 0 saturated heterocycles. The van der Waals surface area contributed by atoms with Gasteiger partial charge in [0.25, 0.3) is 0 Å². The van der Waals surface area contributed by atoms with E-state index >= 15 is 0 Å². The van der Waals surface area contributed by atoms with Crippen molar-refractivity contribution < 1.29 is 8.78 Å². The van der Waals surface area contributed by atoms with Crippen LogP contribution >= 0.6 is 11.3 Å².